The fourth-order valence-electron chi connectivity index (χ4n) is 0.949. The molecular formula is C8H13BN2O2. The molecule has 2 N–H and O–H groups in total. The van der Waals surface area contributed by atoms with Crippen molar-refractivity contribution in [1.82, 2.24) is 4.90 Å². The van der Waals surface area contributed by atoms with E-state index in [9.17, 15) is 4.79 Å². The van der Waals surface area contributed by atoms with Crippen molar-refractivity contribution < 1.29 is 9.59 Å². The molecule has 1 aliphatic heterocycles. The average molecular weight is 180 g/mol. The van der Waals surface area contributed by atoms with E-state index >= 15 is 0 Å². The first-order chi connectivity index (χ1) is 6.13. The molecule has 0 bridgehead atoms. The van der Waals surface area contributed by atoms with Gasteiger partial charge in [0.2, 0.25) is 5.91 Å². The largest absolute Gasteiger partial charge is 0.341 e. The van der Waals surface area contributed by atoms with Crippen LogP contribution in [0.4, 0.5) is 0 Å². The summed E-state index contributed by atoms with van der Waals surface area (Å²) in [6.45, 7) is 0.687. The van der Waals surface area contributed by atoms with E-state index in [-0.39, 0.29) is 18.1 Å². The van der Waals surface area contributed by atoms with Crippen molar-refractivity contribution in [2.45, 2.75) is 12.5 Å². The molecule has 0 spiro atoms. The predicted octanol–water partition coefficient (Wildman–Crippen LogP) is -0.923. The molecule has 1 rings (SSSR count). The Morgan fingerprint density at radius 3 is 2.77 bits per heavy atom. The van der Waals surface area contributed by atoms with Crippen LogP contribution in [0.3, 0.4) is 0 Å². The molecule has 0 aromatic carbocycles. The van der Waals surface area contributed by atoms with Gasteiger partial charge in [0.25, 0.3) is 0 Å². The van der Waals surface area contributed by atoms with Crippen LogP contribution < -0.4 is 5.73 Å². The summed E-state index contributed by atoms with van der Waals surface area (Å²) in [4.78, 5) is 21.3. The standard InChI is InChI=1S/C7H12N2O.CHBO/c1-9-5-3-2-4-6(8)7(9)10;2-1-3/h2-3,6H,4-5,8H2,1H3;1H. The topological polar surface area (TPSA) is 63.4 Å². The van der Waals surface area contributed by atoms with E-state index < -0.39 is 0 Å². The molecule has 0 saturated carbocycles. The molecule has 13 heavy (non-hydrogen) atoms. The number of nitrogens with zero attached hydrogens (tertiary/aromatic N) is 1. The normalized spacial score (nSPS) is 21.5. The van der Waals surface area contributed by atoms with Crippen molar-refractivity contribution >= 4 is 19.9 Å². The maximum atomic E-state index is 11.1. The highest BCUT2D eigenvalue weighted by atomic mass is 16.2. The maximum Gasteiger partial charge on any atom is 0.239 e. The molecule has 0 aromatic heterocycles. The summed E-state index contributed by atoms with van der Waals surface area (Å²) in [5, 5.41) is 0. The second kappa shape index (κ2) is 6.42. The van der Waals surface area contributed by atoms with Gasteiger partial charge in [-0.1, -0.05) is 12.2 Å². The van der Waals surface area contributed by atoms with Crippen LogP contribution in [-0.4, -0.2) is 44.5 Å². The Hall–Kier alpha value is -1.10. The van der Waals surface area contributed by atoms with E-state index in [2.05, 4.69) is 7.85 Å². The Balaban J connectivity index is 0.000000424. The van der Waals surface area contributed by atoms with E-state index in [4.69, 9.17) is 10.5 Å². The van der Waals surface area contributed by atoms with Gasteiger partial charge in [-0.15, -0.1) is 0 Å². The average Bonchev–Trinajstić information content (AvgIpc) is 2.22. The number of hydrogen-bond acceptors (Lipinski definition) is 3. The van der Waals surface area contributed by atoms with Gasteiger partial charge in [0.15, 0.2) is 7.85 Å². The number of nitrogens with two attached hydrogens (primary N) is 1. The Morgan fingerprint density at radius 2 is 2.23 bits per heavy atom. The van der Waals surface area contributed by atoms with Crippen molar-refractivity contribution in [2.24, 2.45) is 5.73 Å². The SMILES string of the molecule is CN1CC=CCC(N)C1=O.[B]C=O. The van der Waals surface area contributed by atoms with Crippen molar-refractivity contribution in [1.29, 1.82) is 0 Å². The van der Waals surface area contributed by atoms with Gasteiger partial charge in [-0.2, -0.15) is 0 Å². The molecule has 1 heterocycles. The first kappa shape index (κ1) is 11.9. The Morgan fingerprint density at radius 1 is 1.69 bits per heavy atom. The third-order valence-corrected chi connectivity index (χ3v) is 1.63. The van der Waals surface area contributed by atoms with Crippen LogP contribution in [0.2, 0.25) is 0 Å². The summed E-state index contributed by atoms with van der Waals surface area (Å²) >= 11 is 0. The molecule has 0 aromatic rings. The fourth-order valence-corrected chi connectivity index (χ4v) is 0.949. The van der Waals surface area contributed by atoms with Crippen molar-refractivity contribution in [3.8, 4) is 0 Å². The zero-order chi connectivity index (χ0) is 10.3. The second-order valence-electron chi connectivity index (χ2n) is 2.67. The lowest BCUT2D eigenvalue weighted by molar-refractivity contribution is -0.130. The van der Waals surface area contributed by atoms with Gasteiger partial charge in [0.05, 0.1) is 12.2 Å². The quantitative estimate of drug-likeness (QED) is 0.298. The van der Waals surface area contributed by atoms with Gasteiger partial charge >= 0.3 is 0 Å². The maximum absolute atomic E-state index is 11.1. The number of carbonyl (C=O) groups is 2. The van der Waals surface area contributed by atoms with E-state index in [1.54, 1.807) is 11.9 Å². The highest BCUT2D eigenvalue weighted by Crippen LogP contribution is 2.00. The number of likely N-dealkylation sites (N-methyl/N-ethyl adjacent to an activating group) is 1. The summed E-state index contributed by atoms with van der Waals surface area (Å²) in [5.74, 6) is 0.0324. The van der Waals surface area contributed by atoms with Crippen LogP contribution in [0.5, 0.6) is 0 Å². The Labute approximate surface area is 79.2 Å². The Bertz CT molecular complexity index is 190. The highest BCUT2D eigenvalue weighted by molar-refractivity contribution is 6.48. The van der Waals surface area contributed by atoms with Crippen molar-refractivity contribution in [3.05, 3.63) is 12.2 Å². The number of hydrogen-bond donors (Lipinski definition) is 1. The zero-order valence-electron chi connectivity index (χ0n) is 7.64. The minimum absolute atomic E-state index is 0.0324. The van der Waals surface area contributed by atoms with Crippen molar-refractivity contribution in [2.75, 3.05) is 13.6 Å². The van der Waals surface area contributed by atoms with Crippen LogP contribution in [-0.2, 0) is 9.59 Å². The van der Waals surface area contributed by atoms with E-state index in [1.807, 2.05) is 12.2 Å². The van der Waals surface area contributed by atoms with Gasteiger partial charge < -0.3 is 15.4 Å². The first-order valence-electron chi connectivity index (χ1n) is 3.94. The third-order valence-electron chi connectivity index (χ3n) is 1.63. The molecule has 0 saturated heterocycles. The smallest absolute Gasteiger partial charge is 0.239 e. The minimum atomic E-state index is -0.330. The molecule has 0 fully saturated rings. The number of rotatable bonds is 0. The number of carbonyl (C=O) groups excluding carboxylic acids is 2. The van der Waals surface area contributed by atoms with E-state index in [0.29, 0.717) is 13.0 Å². The molecular weight excluding hydrogens is 167 g/mol. The third kappa shape index (κ3) is 4.47. The molecule has 70 valence electrons. The van der Waals surface area contributed by atoms with Gasteiger partial charge in [-0.3, -0.25) is 4.79 Å². The predicted molar refractivity (Wildman–Crippen MR) is 51.9 cm³/mol. The van der Waals surface area contributed by atoms with Crippen LogP contribution in [0.25, 0.3) is 0 Å². The van der Waals surface area contributed by atoms with E-state index in [0.717, 1.165) is 0 Å². The molecule has 4 nitrogen and oxygen atoms in total. The highest BCUT2D eigenvalue weighted by Gasteiger charge is 2.17. The molecule has 1 amide bonds. The van der Waals surface area contributed by atoms with Gasteiger partial charge in [-0.05, 0) is 6.42 Å². The molecule has 1 aliphatic rings. The summed E-state index contributed by atoms with van der Waals surface area (Å²) in [5.41, 5.74) is 5.53. The Kier molecular flexibility index (Phi) is 5.88. The lowest BCUT2D eigenvalue weighted by Gasteiger charge is -2.15. The molecule has 1 unspecified atom stereocenters. The zero-order valence-corrected chi connectivity index (χ0v) is 7.64. The van der Waals surface area contributed by atoms with Crippen LogP contribution in [0, 0.1) is 0 Å². The molecule has 1 atom stereocenters. The van der Waals surface area contributed by atoms with Gasteiger partial charge in [0, 0.05) is 13.6 Å². The molecule has 5 heteroatoms. The van der Waals surface area contributed by atoms with Crippen LogP contribution in [0.15, 0.2) is 12.2 Å². The van der Waals surface area contributed by atoms with E-state index in [1.165, 1.54) is 0 Å². The summed E-state index contributed by atoms with van der Waals surface area (Å²) in [6, 6.07) is -0.330. The summed E-state index contributed by atoms with van der Waals surface area (Å²) in [7, 11) is 5.93. The van der Waals surface area contributed by atoms with Crippen LogP contribution in [0.1, 0.15) is 6.42 Å². The molecule has 0 aliphatic carbocycles. The number of amides is 1. The second-order valence-corrected chi connectivity index (χ2v) is 2.67. The first-order valence-corrected chi connectivity index (χ1v) is 3.94. The monoisotopic (exact) mass is 180 g/mol. The minimum Gasteiger partial charge on any atom is -0.341 e. The summed E-state index contributed by atoms with van der Waals surface area (Å²) in [6.07, 6.45) is 4.83. The fraction of sp³-hybridized carbons (Fsp3) is 0.500. The van der Waals surface area contributed by atoms with Gasteiger partial charge in [-0.25, -0.2) is 0 Å². The lowest BCUT2D eigenvalue weighted by Crippen LogP contribution is -2.40. The van der Waals surface area contributed by atoms with Crippen LogP contribution >= 0.6 is 0 Å². The molecule has 2 radical (unpaired) electrons. The summed E-state index contributed by atoms with van der Waals surface area (Å²) < 4.78 is 0. The van der Waals surface area contributed by atoms with Gasteiger partial charge in [0.1, 0.15) is 0 Å². The lowest BCUT2D eigenvalue weighted by atomic mass is 10.2. The van der Waals surface area contributed by atoms with Crippen molar-refractivity contribution in [3.63, 3.8) is 0 Å².